The summed E-state index contributed by atoms with van der Waals surface area (Å²) in [7, 11) is 1.89. The summed E-state index contributed by atoms with van der Waals surface area (Å²) in [4.78, 5) is 13.1. The number of ether oxygens (including phenoxy) is 1. The molecule has 1 aromatic heterocycles. The third kappa shape index (κ3) is 5.33. The summed E-state index contributed by atoms with van der Waals surface area (Å²) in [5.74, 6) is -0.997. The van der Waals surface area contributed by atoms with E-state index in [4.69, 9.17) is 4.74 Å². The van der Waals surface area contributed by atoms with Gasteiger partial charge in [0, 0.05) is 76.6 Å². The molecule has 0 radical (unpaired) electrons. The van der Waals surface area contributed by atoms with Gasteiger partial charge in [-0.25, -0.2) is 19.4 Å². The van der Waals surface area contributed by atoms with Crippen LogP contribution >= 0.6 is 0 Å². The van der Waals surface area contributed by atoms with E-state index in [0.29, 0.717) is 30.9 Å². The summed E-state index contributed by atoms with van der Waals surface area (Å²) < 4.78 is 35.3. The molecular weight excluding hydrogens is 414 g/mol. The Balaban J connectivity index is 1.31. The molecule has 2 saturated heterocycles. The average molecular weight is 447 g/mol. The van der Waals surface area contributed by atoms with Crippen molar-refractivity contribution < 1.29 is 13.5 Å². The lowest BCUT2D eigenvalue weighted by molar-refractivity contribution is 0.0937. The maximum absolute atomic E-state index is 14.7. The molecule has 2 aliphatic heterocycles. The first-order valence-corrected chi connectivity index (χ1v) is 11.4. The molecule has 32 heavy (non-hydrogen) atoms. The maximum Gasteiger partial charge on any atom is 0.225 e. The van der Waals surface area contributed by atoms with Gasteiger partial charge in [0.15, 0.2) is 11.6 Å². The number of hydrazine groups is 1. The van der Waals surface area contributed by atoms with Crippen molar-refractivity contribution in [3.8, 4) is 5.75 Å². The van der Waals surface area contributed by atoms with Crippen LogP contribution in [0.1, 0.15) is 30.9 Å². The molecule has 7 nitrogen and oxygen atoms in total. The van der Waals surface area contributed by atoms with Crippen LogP contribution in [0.15, 0.2) is 24.5 Å². The fourth-order valence-corrected chi connectivity index (χ4v) is 4.20. The van der Waals surface area contributed by atoms with Crippen molar-refractivity contribution in [1.29, 1.82) is 0 Å². The van der Waals surface area contributed by atoms with Crippen LogP contribution in [0.2, 0.25) is 0 Å². The van der Waals surface area contributed by atoms with Gasteiger partial charge in [0.1, 0.15) is 6.10 Å². The molecule has 1 N–H and O–H groups in total. The van der Waals surface area contributed by atoms with Crippen molar-refractivity contribution in [2.45, 2.75) is 38.8 Å². The summed E-state index contributed by atoms with van der Waals surface area (Å²) in [6.07, 6.45) is 5.87. The largest absolute Gasteiger partial charge is 0.487 e. The molecule has 3 heterocycles. The molecule has 4 rings (SSSR count). The fraction of sp³-hybridized carbons (Fsp3) is 0.565. The second kappa shape index (κ2) is 10.5. The Bertz CT molecular complexity index is 881. The fourth-order valence-electron chi connectivity index (χ4n) is 4.20. The van der Waals surface area contributed by atoms with Gasteiger partial charge in [-0.3, -0.25) is 10.3 Å². The van der Waals surface area contributed by atoms with Gasteiger partial charge in [-0.2, -0.15) is 4.39 Å². The summed E-state index contributed by atoms with van der Waals surface area (Å²) >= 11 is 0. The molecule has 0 saturated carbocycles. The zero-order valence-corrected chi connectivity index (χ0v) is 18.9. The van der Waals surface area contributed by atoms with E-state index in [-0.39, 0.29) is 11.9 Å². The molecule has 0 bridgehead atoms. The van der Waals surface area contributed by atoms with Crippen molar-refractivity contribution in [3.63, 3.8) is 0 Å². The van der Waals surface area contributed by atoms with Crippen LogP contribution in [0.25, 0.3) is 0 Å². The van der Waals surface area contributed by atoms with Gasteiger partial charge in [0.05, 0.1) is 0 Å². The second-order valence-electron chi connectivity index (χ2n) is 8.39. The zero-order valence-electron chi connectivity index (χ0n) is 18.9. The van der Waals surface area contributed by atoms with Crippen LogP contribution in [0, 0.1) is 11.6 Å². The topological polar surface area (TPSA) is 56.8 Å². The number of hydrogen-bond donors (Lipinski definition) is 1. The van der Waals surface area contributed by atoms with Crippen LogP contribution in [0.5, 0.6) is 5.75 Å². The van der Waals surface area contributed by atoms with Crippen molar-refractivity contribution in [2.75, 3.05) is 51.2 Å². The number of benzene rings is 1. The van der Waals surface area contributed by atoms with E-state index in [1.165, 1.54) is 0 Å². The van der Waals surface area contributed by atoms with Crippen LogP contribution in [0.3, 0.4) is 0 Å². The Labute approximate surface area is 188 Å². The summed E-state index contributed by atoms with van der Waals surface area (Å²) in [5.41, 5.74) is 4.59. The van der Waals surface area contributed by atoms with E-state index in [1.54, 1.807) is 12.1 Å². The van der Waals surface area contributed by atoms with Crippen LogP contribution < -0.4 is 15.1 Å². The first kappa shape index (κ1) is 22.8. The monoisotopic (exact) mass is 446 g/mol. The van der Waals surface area contributed by atoms with Gasteiger partial charge in [0.2, 0.25) is 11.8 Å². The standard InChI is InChI=1S/C23H32F2N6O/c1-3-17-14-27-23(28-15-17)30-8-6-19(7-9-30)32-20-5-4-18(21(24)22(20)25)16-29-10-12-31(26-2)13-11-29/h4-5,14-15,19,26H,3,6-13,16H2,1-2H3. The molecule has 1 aromatic carbocycles. The van der Waals surface area contributed by atoms with Gasteiger partial charge < -0.3 is 9.64 Å². The minimum atomic E-state index is -0.891. The Hall–Kier alpha value is -2.36. The van der Waals surface area contributed by atoms with Gasteiger partial charge in [0.25, 0.3) is 0 Å². The van der Waals surface area contributed by atoms with Crippen LogP contribution in [-0.2, 0) is 13.0 Å². The Morgan fingerprint density at radius 3 is 2.31 bits per heavy atom. The number of aryl methyl sites for hydroxylation is 1. The summed E-state index contributed by atoms with van der Waals surface area (Å²) in [6.45, 7) is 7.24. The molecule has 174 valence electrons. The number of rotatable bonds is 7. The molecular formula is C23H32F2N6O. The first-order valence-electron chi connectivity index (χ1n) is 11.4. The number of aromatic nitrogens is 2. The molecule has 0 unspecified atom stereocenters. The minimum absolute atomic E-state index is 0.00625. The molecule has 0 aliphatic carbocycles. The summed E-state index contributed by atoms with van der Waals surface area (Å²) in [6, 6.07) is 3.22. The Morgan fingerprint density at radius 2 is 1.69 bits per heavy atom. The number of piperazine rings is 1. The van der Waals surface area contributed by atoms with Crippen molar-refractivity contribution >= 4 is 5.95 Å². The van der Waals surface area contributed by atoms with Gasteiger partial charge in [-0.15, -0.1) is 0 Å². The quantitative estimate of drug-likeness (QED) is 0.702. The van der Waals surface area contributed by atoms with E-state index in [0.717, 1.165) is 51.3 Å². The molecule has 0 atom stereocenters. The lowest BCUT2D eigenvalue weighted by Gasteiger charge is -2.34. The molecule has 0 amide bonds. The molecule has 2 fully saturated rings. The second-order valence-corrected chi connectivity index (χ2v) is 8.39. The van der Waals surface area contributed by atoms with Gasteiger partial charge in [-0.1, -0.05) is 13.0 Å². The smallest absolute Gasteiger partial charge is 0.225 e. The molecule has 2 aromatic rings. The lowest BCUT2D eigenvalue weighted by Crippen LogP contribution is -2.50. The number of piperidine rings is 1. The predicted molar refractivity (Wildman–Crippen MR) is 120 cm³/mol. The maximum atomic E-state index is 14.7. The van der Waals surface area contributed by atoms with Gasteiger partial charge in [-0.05, 0) is 25.1 Å². The number of halogens is 2. The summed E-state index contributed by atoms with van der Waals surface area (Å²) in [5, 5.41) is 2.11. The lowest BCUT2D eigenvalue weighted by atomic mass is 10.1. The third-order valence-electron chi connectivity index (χ3n) is 6.33. The van der Waals surface area contributed by atoms with Gasteiger partial charge >= 0.3 is 0 Å². The zero-order chi connectivity index (χ0) is 22.5. The normalized spacial score (nSPS) is 18.8. The van der Waals surface area contributed by atoms with E-state index in [1.807, 2.05) is 19.4 Å². The highest BCUT2D eigenvalue weighted by Crippen LogP contribution is 2.27. The predicted octanol–water partition coefficient (Wildman–Crippen LogP) is 2.62. The van der Waals surface area contributed by atoms with Crippen LogP contribution in [-0.4, -0.2) is 72.3 Å². The highest BCUT2D eigenvalue weighted by atomic mass is 19.2. The van der Waals surface area contributed by atoms with Crippen molar-refractivity contribution in [2.24, 2.45) is 0 Å². The van der Waals surface area contributed by atoms with Crippen LogP contribution in [0.4, 0.5) is 14.7 Å². The molecule has 0 spiro atoms. The molecule has 2 aliphatic rings. The Morgan fingerprint density at radius 1 is 1.00 bits per heavy atom. The van der Waals surface area contributed by atoms with Crippen molar-refractivity contribution in [3.05, 3.63) is 47.3 Å². The highest BCUT2D eigenvalue weighted by Gasteiger charge is 2.25. The number of anilines is 1. The van der Waals surface area contributed by atoms with E-state index >= 15 is 0 Å². The SMILES string of the molecule is CCc1cnc(N2CCC(Oc3ccc(CN4CCN(NC)CC4)c(F)c3F)CC2)nc1. The highest BCUT2D eigenvalue weighted by molar-refractivity contribution is 5.33. The third-order valence-corrected chi connectivity index (χ3v) is 6.33. The van der Waals surface area contributed by atoms with E-state index in [2.05, 4.69) is 37.1 Å². The Kier molecular flexibility index (Phi) is 7.49. The number of nitrogens with one attached hydrogen (secondary N) is 1. The number of hydrogen-bond acceptors (Lipinski definition) is 7. The van der Waals surface area contributed by atoms with E-state index < -0.39 is 11.6 Å². The van der Waals surface area contributed by atoms with E-state index in [9.17, 15) is 8.78 Å². The minimum Gasteiger partial charge on any atom is -0.487 e. The average Bonchev–Trinajstić information content (AvgIpc) is 2.85. The van der Waals surface area contributed by atoms with Crippen molar-refractivity contribution in [1.82, 2.24) is 25.3 Å². The molecule has 9 heteroatoms. The number of nitrogens with zero attached hydrogens (tertiary/aromatic N) is 5. The first-order chi connectivity index (χ1) is 15.6.